The molecule has 0 radical (unpaired) electrons. The van der Waals surface area contributed by atoms with Crippen LogP contribution in [0.1, 0.15) is 23.7 Å². The van der Waals surface area contributed by atoms with Crippen LogP contribution >= 0.6 is 11.8 Å². The van der Waals surface area contributed by atoms with E-state index in [9.17, 15) is 14.4 Å². The van der Waals surface area contributed by atoms with Gasteiger partial charge in [0, 0.05) is 18.8 Å². The van der Waals surface area contributed by atoms with Gasteiger partial charge in [-0.1, -0.05) is 11.8 Å². The van der Waals surface area contributed by atoms with Crippen molar-refractivity contribution >= 4 is 35.2 Å². The smallest absolute Gasteiger partial charge is 0.338 e. The number of benzene rings is 1. The molecule has 1 aromatic carbocycles. The summed E-state index contributed by atoms with van der Waals surface area (Å²) in [4.78, 5) is 42.1. The fourth-order valence-corrected chi connectivity index (χ4v) is 3.80. The van der Waals surface area contributed by atoms with Crippen LogP contribution in [0.4, 0.5) is 5.69 Å². The molecular weight excluding hydrogens is 408 g/mol. The van der Waals surface area contributed by atoms with Crippen molar-refractivity contribution in [1.29, 1.82) is 0 Å². The maximum atomic E-state index is 12.8. The van der Waals surface area contributed by atoms with E-state index in [4.69, 9.17) is 9.15 Å². The zero-order valence-corrected chi connectivity index (χ0v) is 16.7. The number of imide groups is 1. The minimum Gasteiger partial charge on any atom is -0.462 e. The molecule has 2 aromatic heterocycles. The van der Waals surface area contributed by atoms with Gasteiger partial charge in [-0.25, -0.2) is 9.69 Å². The molecular formula is C20H16N4O5S. The molecule has 30 heavy (non-hydrogen) atoms. The van der Waals surface area contributed by atoms with E-state index in [0.29, 0.717) is 16.8 Å². The number of nitrogens with zero attached hydrogens (tertiary/aromatic N) is 4. The summed E-state index contributed by atoms with van der Waals surface area (Å²) in [6.07, 6.45) is 3.23. The molecule has 0 spiro atoms. The Morgan fingerprint density at radius 2 is 2.03 bits per heavy atom. The number of amides is 2. The van der Waals surface area contributed by atoms with Gasteiger partial charge in [0.15, 0.2) is 0 Å². The molecule has 1 aliphatic rings. The van der Waals surface area contributed by atoms with Gasteiger partial charge >= 0.3 is 5.97 Å². The Hall–Kier alpha value is -3.53. The van der Waals surface area contributed by atoms with Crippen molar-refractivity contribution in [3.63, 3.8) is 0 Å². The third-order valence-electron chi connectivity index (χ3n) is 4.30. The Labute approximate surface area is 175 Å². The number of hydrogen-bond donors (Lipinski definition) is 0. The highest BCUT2D eigenvalue weighted by Crippen LogP contribution is 2.34. The molecule has 4 rings (SSSR count). The molecule has 9 nitrogen and oxygen atoms in total. The minimum atomic E-state index is -0.676. The van der Waals surface area contributed by atoms with E-state index in [1.54, 1.807) is 43.6 Å². The monoisotopic (exact) mass is 424 g/mol. The van der Waals surface area contributed by atoms with Crippen LogP contribution in [0.3, 0.4) is 0 Å². The fourth-order valence-electron chi connectivity index (χ4n) is 2.91. The summed E-state index contributed by atoms with van der Waals surface area (Å²) in [6, 6.07) is 9.65. The van der Waals surface area contributed by atoms with Gasteiger partial charge in [-0.15, -0.1) is 10.2 Å². The van der Waals surface area contributed by atoms with Crippen molar-refractivity contribution < 1.29 is 23.5 Å². The molecule has 1 saturated heterocycles. The lowest BCUT2D eigenvalue weighted by Crippen LogP contribution is -2.31. The number of carbonyl (C=O) groups excluding carboxylic acids is 3. The molecule has 0 N–H and O–H groups in total. The zero-order chi connectivity index (χ0) is 21.1. The maximum Gasteiger partial charge on any atom is 0.338 e. The average Bonchev–Trinajstić information content (AvgIpc) is 3.33. The number of hydrogen-bond acceptors (Lipinski definition) is 9. The predicted molar refractivity (Wildman–Crippen MR) is 107 cm³/mol. The van der Waals surface area contributed by atoms with E-state index in [1.807, 2.05) is 0 Å². The number of thioether (sulfide) groups is 1. The van der Waals surface area contributed by atoms with Gasteiger partial charge in [0.25, 0.3) is 5.22 Å². The number of ether oxygens (including phenoxy) is 1. The van der Waals surface area contributed by atoms with Crippen LogP contribution in [-0.4, -0.2) is 44.8 Å². The van der Waals surface area contributed by atoms with Gasteiger partial charge in [-0.05, 0) is 43.3 Å². The number of esters is 1. The molecule has 1 atom stereocenters. The summed E-state index contributed by atoms with van der Waals surface area (Å²) in [5, 5.41) is 7.42. The lowest BCUT2D eigenvalue weighted by Gasteiger charge is -2.14. The molecule has 3 heterocycles. The van der Waals surface area contributed by atoms with Crippen molar-refractivity contribution in [3.8, 4) is 11.5 Å². The summed E-state index contributed by atoms with van der Waals surface area (Å²) in [5.41, 5.74) is 1.40. The van der Waals surface area contributed by atoms with Crippen LogP contribution in [0.5, 0.6) is 0 Å². The molecule has 0 aliphatic carbocycles. The van der Waals surface area contributed by atoms with Crippen LogP contribution in [-0.2, 0) is 14.3 Å². The molecule has 1 fully saturated rings. The van der Waals surface area contributed by atoms with Crippen molar-refractivity contribution in [2.75, 3.05) is 11.5 Å². The molecule has 1 unspecified atom stereocenters. The highest BCUT2D eigenvalue weighted by molar-refractivity contribution is 8.00. The summed E-state index contributed by atoms with van der Waals surface area (Å²) in [6.45, 7) is 1.98. The van der Waals surface area contributed by atoms with Crippen molar-refractivity contribution in [2.45, 2.75) is 23.8 Å². The van der Waals surface area contributed by atoms with E-state index in [2.05, 4.69) is 15.2 Å². The second-order valence-corrected chi connectivity index (χ2v) is 7.41. The third kappa shape index (κ3) is 3.94. The predicted octanol–water partition coefficient (Wildman–Crippen LogP) is 2.73. The highest BCUT2D eigenvalue weighted by atomic mass is 32.2. The largest absolute Gasteiger partial charge is 0.462 e. The number of pyridine rings is 1. The molecule has 2 amide bonds. The van der Waals surface area contributed by atoms with Crippen LogP contribution in [0.15, 0.2) is 58.4 Å². The summed E-state index contributed by atoms with van der Waals surface area (Å²) in [5.74, 6) is -0.894. The molecule has 3 aromatic rings. The second-order valence-electron chi connectivity index (χ2n) is 6.26. The number of anilines is 1. The Bertz CT molecular complexity index is 1080. The number of carbonyl (C=O) groups is 3. The number of rotatable bonds is 6. The highest BCUT2D eigenvalue weighted by Gasteiger charge is 2.41. The minimum absolute atomic E-state index is 0.00767. The Balaban J connectivity index is 1.47. The van der Waals surface area contributed by atoms with E-state index >= 15 is 0 Å². The zero-order valence-electron chi connectivity index (χ0n) is 15.8. The van der Waals surface area contributed by atoms with Gasteiger partial charge in [0.2, 0.25) is 17.7 Å². The Kier molecular flexibility index (Phi) is 5.57. The number of aromatic nitrogens is 3. The van der Waals surface area contributed by atoms with Crippen LogP contribution in [0, 0.1) is 0 Å². The summed E-state index contributed by atoms with van der Waals surface area (Å²) in [7, 11) is 0. The molecule has 0 saturated carbocycles. The van der Waals surface area contributed by atoms with Crippen LogP contribution in [0.25, 0.3) is 11.5 Å². The van der Waals surface area contributed by atoms with Gasteiger partial charge in [0.05, 0.1) is 23.4 Å². The first-order valence-electron chi connectivity index (χ1n) is 9.11. The van der Waals surface area contributed by atoms with Crippen molar-refractivity contribution in [3.05, 3.63) is 54.4 Å². The first-order chi connectivity index (χ1) is 14.6. The van der Waals surface area contributed by atoms with Crippen LogP contribution in [0.2, 0.25) is 0 Å². The van der Waals surface area contributed by atoms with Crippen LogP contribution < -0.4 is 4.90 Å². The van der Waals surface area contributed by atoms with Gasteiger partial charge in [0.1, 0.15) is 5.25 Å². The quantitative estimate of drug-likeness (QED) is 0.435. The normalized spacial score (nSPS) is 16.2. The average molecular weight is 424 g/mol. The summed E-state index contributed by atoms with van der Waals surface area (Å²) >= 11 is 1.04. The first-order valence-corrected chi connectivity index (χ1v) is 9.99. The standard InChI is InChI=1S/C20H16N4O5S/c1-2-28-19(27)12-5-7-14(8-6-12)24-16(25)10-15(18(24)26)30-20-23-22-17(29-20)13-4-3-9-21-11-13/h3-9,11,15H,2,10H2,1H3. The Morgan fingerprint density at radius 1 is 1.23 bits per heavy atom. The van der Waals surface area contributed by atoms with E-state index in [-0.39, 0.29) is 36.0 Å². The van der Waals surface area contributed by atoms with Gasteiger partial charge < -0.3 is 9.15 Å². The fraction of sp³-hybridized carbons (Fsp3) is 0.200. The van der Waals surface area contributed by atoms with E-state index < -0.39 is 11.2 Å². The van der Waals surface area contributed by atoms with Gasteiger partial charge in [-0.3, -0.25) is 14.6 Å². The van der Waals surface area contributed by atoms with Crippen molar-refractivity contribution in [2.24, 2.45) is 0 Å². The Morgan fingerprint density at radius 3 is 2.73 bits per heavy atom. The lowest BCUT2D eigenvalue weighted by molar-refractivity contribution is -0.121. The lowest BCUT2D eigenvalue weighted by atomic mass is 10.2. The molecule has 0 bridgehead atoms. The maximum absolute atomic E-state index is 12.8. The van der Waals surface area contributed by atoms with Crippen molar-refractivity contribution in [1.82, 2.24) is 15.2 Å². The second kappa shape index (κ2) is 8.46. The summed E-state index contributed by atoms with van der Waals surface area (Å²) < 4.78 is 10.5. The topological polar surface area (TPSA) is 115 Å². The molecule has 152 valence electrons. The SMILES string of the molecule is CCOC(=O)c1ccc(N2C(=O)CC(Sc3nnc(-c4cccnc4)o3)C2=O)cc1. The molecule has 10 heteroatoms. The van der Waals surface area contributed by atoms with Gasteiger partial charge in [-0.2, -0.15) is 0 Å². The molecule has 1 aliphatic heterocycles. The third-order valence-corrected chi connectivity index (χ3v) is 5.32. The van der Waals surface area contributed by atoms with E-state index in [1.165, 1.54) is 12.1 Å². The van der Waals surface area contributed by atoms with E-state index in [0.717, 1.165) is 16.7 Å². The first kappa shape index (κ1) is 19.8.